The average molecular weight is 250 g/mol. The third-order valence-corrected chi connectivity index (χ3v) is 3.37. The molecule has 3 aromatic heterocycles. The van der Waals surface area contributed by atoms with E-state index >= 15 is 0 Å². The largest absolute Gasteiger partial charge is 0.362 e. The summed E-state index contributed by atoms with van der Waals surface area (Å²) in [7, 11) is 3.74. The minimum atomic E-state index is 1.02. The second-order valence-corrected chi connectivity index (χ2v) is 4.50. The van der Waals surface area contributed by atoms with Crippen molar-refractivity contribution >= 4 is 21.0 Å². The lowest BCUT2D eigenvalue weighted by molar-refractivity contribution is 1.29. The predicted molar refractivity (Wildman–Crippen MR) is 74.0 cm³/mol. The van der Waals surface area contributed by atoms with Gasteiger partial charge in [-0.1, -0.05) is 0 Å². The summed E-state index contributed by atoms with van der Waals surface area (Å²) in [6, 6.07) is 12.1. The van der Waals surface area contributed by atoms with Gasteiger partial charge in [0.25, 0.3) is 0 Å². The molecule has 3 aromatic rings. The molecule has 0 spiro atoms. The molecule has 3 nitrogen and oxygen atoms in total. The summed E-state index contributed by atoms with van der Waals surface area (Å²) < 4.78 is 0. The van der Waals surface area contributed by atoms with Crippen molar-refractivity contribution in [1.29, 1.82) is 0 Å². The third kappa shape index (κ3) is 1.87. The van der Waals surface area contributed by atoms with Crippen LogP contribution in [0.1, 0.15) is 17.1 Å². The van der Waals surface area contributed by atoms with Crippen LogP contribution in [0.15, 0.2) is 55.0 Å². The average Bonchev–Trinajstić information content (AvgIpc) is 3.14. The molecule has 0 saturated heterocycles. The molecule has 0 aliphatic rings. The lowest BCUT2D eigenvalue weighted by atomic mass is 10.1. The van der Waals surface area contributed by atoms with E-state index in [0.29, 0.717) is 0 Å². The van der Waals surface area contributed by atoms with E-state index in [1.165, 1.54) is 0 Å². The molecule has 18 heavy (non-hydrogen) atoms. The molecule has 0 bridgehead atoms. The van der Waals surface area contributed by atoms with Gasteiger partial charge in [-0.05, 0) is 41.6 Å². The standard InChI is InChI=1S/C14H12N3Si/c18-14(12-6-3-9-17-12)13(10-4-1-7-15-10)11-5-2-8-16-11/h1-9,15-17H. The molecule has 3 N–H and O–H groups in total. The first kappa shape index (κ1) is 10.9. The summed E-state index contributed by atoms with van der Waals surface area (Å²) in [5, 5.41) is 1.02. The van der Waals surface area contributed by atoms with Gasteiger partial charge in [0.15, 0.2) is 0 Å². The van der Waals surface area contributed by atoms with Crippen molar-refractivity contribution in [3.05, 3.63) is 72.1 Å². The van der Waals surface area contributed by atoms with Crippen molar-refractivity contribution in [2.24, 2.45) is 0 Å². The Morgan fingerprint density at radius 1 is 0.722 bits per heavy atom. The van der Waals surface area contributed by atoms with Crippen LogP contribution in [0.2, 0.25) is 0 Å². The molecule has 0 atom stereocenters. The van der Waals surface area contributed by atoms with Gasteiger partial charge >= 0.3 is 0 Å². The fourth-order valence-corrected chi connectivity index (χ4v) is 2.43. The van der Waals surface area contributed by atoms with Gasteiger partial charge in [-0.15, -0.1) is 0 Å². The van der Waals surface area contributed by atoms with Crippen molar-refractivity contribution in [2.75, 3.05) is 0 Å². The molecule has 3 rings (SSSR count). The van der Waals surface area contributed by atoms with Gasteiger partial charge in [0.1, 0.15) is 0 Å². The Hall–Kier alpha value is -2.20. The second-order valence-electron chi connectivity index (χ2n) is 4.00. The lowest BCUT2D eigenvalue weighted by Gasteiger charge is -2.09. The fraction of sp³-hybridized carbons (Fsp3) is 0. The van der Waals surface area contributed by atoms with E-state index in [2.05, 4.69) is 37.3 Å². The summed E-state index contributed by atoms with van der Waals surface area (Å²) in [5.41, 5.74) is 4.28. The second kappa shape index (κ2) is 4.58. The molecule has 3 radical (unpaired) electrons. The van der Waals surface area contributed by atoms with Crippen molar-refractivity contribution in [1.82, 2.24) is 15.0 Å². The molecule has 0 aliphatic heterocycles. The zero-order valence-corrected chi connectivity index (χ0v) is 10.7. The Bertz CT molecular complexity index is 595. The van der Waals surface area contributed by atoms with Gasteiger partial charge in [-0.25, -0.2) is 0 Å². The molecular formula is C14H12N3Si. The van der Waals surface area contributed by atoms with E-state index in [4.69, 9.17) is 0 Å². The number of H-pyrrole nitrogens is 3. The van der Waals surface area contributed by atoms with Crippen molar-refractivity contribution in [3.63, 3.8) is 0 Å². The summed E-state index contributed by atoms with van der Waals surface area (Å²) >= 11 is 0. The van der Waals surface area contributed by atoms with E-state index in [0.717, 1.165) is 27.9 Å². The fourth-order valence-electron chi connectivity index (χ4n) is 2.01. The molecule has 0 saturated carbocycles. The molecule has 87 valence electrons. The third-order valence-electron chi connectivity index (χ3n) is 2.85. The normalized spacial score (nSPS) is 10.5. The predicted octanol–water partition coefficient (Wildman–Crippen LogP) is 2.76. The van der Waals surface area contributed by atoms with Crippen molar-refractivity contribution < 1.29 is 0 Å². The highest BCUT2D eigenvalue weighted by molar-refractivity contribution is 6.47. The Kier molecular flexibility index (Phi) is 2.78. The summed E-state index contributed by atoms with van der Waals surface area (Å²) in [4.78, 5) is 9.70. The number of aromatic nitrogens is 3. The molecular weight excluding hydrogens is 238 g/mol. The number of rotatable bonds is 3. The maximum atomic E-state index is 3.74. The smallest absolute Gasteiger partial charge is 0.0752 e. The first-order valence-corrected chi connectivity index (χ1v) is 6.23. The van der Waals surface area contributed by atoms with E-state index in [-0.39, 0.29) is 0 Å². The molecule has 3 heterocycles. The van der Waals surface area contributed by atoms with Gasteiger partial charge in [0.2, 0.25) is 0 Å². The van der Waals surface area contributed by atoms with Gasteiger partial charge in [0.05, 0.1) is 10.2 Å². The van der Waals surface area contributed by atoms with Crippen LogP contribution in [-0.4, -0.2) is 25.2 Å². The van der Waals surface area contributed by atoms with Gasteiger partial charge in [-0.3, -0.25) is 0 Å². The SMILES string of the molecule is [Si]C(=C(c1ccc[nH]1)c1ccc[nH]1)c1ccc[nH]1. The van der Waals surface area contributed by atoms with Crippen LogP contribution in [0.5, 0.6) is 0 Å². The van der Waals surface area contributed by atoms with Crippen LogP contribution in [0.3, 0.4) is 0 Å². The molecule has 4 heteroatoms. The van der Waals surface area contributed by atoms with Gasteiger partial charge < -0.3 is 15.0 Å². The number of hydrogen-bond donors (Lipinski definition) is 3. The quantitative estimate of drug-likeness (QED) is 0.599. The Morgan fingerprint density at radius 2 is 1.17 bits per heavy atom. The van der Waals surface area contributed by atoms with E-state index < -0.39 is 0 Å². The Labute approximate surface area is 108 Å². The van der Waals surface area contributed by atoms with E-state index in [1.807, 2.05) is 42.9 Å². The molecule has 0 aliphatic carbocycles. The van der Waals surface area contributed by atoms with Crippen LogP contribution < -0.4 is 0 Å². The summed E-state index contributed by atoms with van der Waals surface area (Å²) in [6.07, 6.45) is 5.76. The molecule has 0 unspecified atom stereocenters. The lowest BCUT2D eigenvalue weighted by Crippen LogP contribution is -1.95. The van der Waals surface area contributed by atoms with Crippen LogP contribution >= 0.6 is 0 Å². The highest BCUT2D eigenvalue weighted by atomic mass is 28.1. The Morgan fingerprint density at radius 3 is 1.56 bits per heavy atom. The van der Waals surface area contributed by atoms with Crippen LogP contribution in [0.25, 0.3) is 10.8 Å². The number of hydrogen-bond acceptors (Lipinski definition) is 0. The van der Waals surface area contributed by atoms with Gasteiger partial charge in [0, 0.05) is 41.2 Å². The van der Waals surface area contributed by atoms with Gasteiger partial charge in [-0.2, -0.15) is 0 Å². The highest BCUT2D eigenvalue weighted by Crippen LogP contribution is 2.27. The van der Waals surface area contributed by atoms with Crippen LogP contribution in [-0.2, 0) is 0 Å². The molecule has 0 fully saturated rings. The maximum absolute atomic E-state index is 3.74. The first-order valence-electron chi connectivity index (χ1n) is 5.73. The molecule has 0 aromatic carbocycles. The highest BCUT2D eigenvalue weighted by Gasteiger charge is 2.12. The Balaban J connectivity index is 2.20. The van der Waals surface area contributed by atoms with Crippen molar-refractivity contribution in [2.45, 2.75) is 0 Å². The zero-order valence-electron chi connectivity index (χ0n) is 9.70. The molecule has 0 amide bonds. The van der Waals surface area contributed by atoms with Crippen molar-refractivity contribution in [3.8, 4) is 0 Å². The van der Waals surface area contributed by atoms with Crippen LogP contribution in [0, 0.1) is 0 Å². The minimum Gasteiger partial charge on any atom is -0.362 e. The summed E-state index contributed by atoms with van der Waals surface area (Å²) in [6.45, 7) is 0. The van der Waals surface area contributed by atoms with E-state index in [1.54, 1.807) is 0 Å². The monoisotopic (exact) mass is 250 g/mol. The zero-order chi connectivity index (χ0) is 12.4. The maximum Gasteiger partial charge on any atom is 0.0752 e. The number of aromatic amines is 3. The first-order chi connectivity index (χ1) is 8.86. The summed E-state index contributed by atoms with van der Waals surface area (Å²) in [5.74, 6) is 0. The van der Waals surface area contributed by atoms with E-state index in [9.17, 15) is 0 Å². The minimum absolute atomic E-state index is 1.02. The topological polar surface area (TPSA) is 47.4 Å². The number of nitrogens with one attached hydrogen (secondary N) is 3. The van der Waals surface area contributed by atoms with Crippen LogP contribution in [0.4, 0.5) is 0 Å².